The average Bonchev–Trinajstić information content (AvgIpc) is 2.75. The maximum absolute atomic E-state index is 5.87. The van der Waals surface area contributed by atoms with Gasteiger partial charge < -0.3 is 5.32 Å². The summed E-state index contributed by atoms with van der Waals surface area (Å²) in [7, 11) is 0. The Morgan fingerprint density at radius 1 is 1.18 bits per heavy atom. The lowest BCUT2D eigenvalue weighted by Crippen LogP contribution is -1.91. The maximum Gasteiger partial charge on any atom is 0.187 e. The fourth-order valence-corrected chi connectivity index (χ4v) is 2.19. The van der Waals surface area contributed by atoms with E-state index in [4.69, 9.17) is 11.6 Å². The fraction of sp³-hybridized carbons (Fsp3) is 0. The van der Waals surface area contributed by atoms with Gasteiger partial charge in [0.05, 0.1) is 17.2 Å². The van der Waals surface area contributed by atoms with Crippen molar-refractivity contribution in [1.29, 1.82) is 0 Å². The molecule has 0 bridgehead atoms. The van der Waals surface area contributed by atoms with E-state index in [-0.39, 0.29) is 0 Å². The van der Waals surface area contributed by atoms with Crippen LogP contribution in [0.1, 0.15) is 0 Å². The van der Waals surface area contributed by atoms with E-state index in [2.05, 4.69) is 19.0 Å². The van der Waals surface area contributed by atoms with Crippen molar-refractivity contribution in [3.8, 4) is 0 Å². The van der Waals surface area contributed by atoms with Crippen molar-refractivity contribution in [2.45, 2.75) is 0 Å². The van der Waals surface area contributed by atoms with Crippen LogP contribution in [0.2, 0.25) is 5.15 Å². The monoisotopic (exact) mass is 262 g/mol. The molecule has 0 aliphatic heterocycles. The fourth-order valence-electron chi connectivity index (χ4n) is 1.54. The van der Waals surface area contributed by atoms with Crippen LogP contribution >= 0.6 is 23.3 Å². The van der Waals surface area contributed by atoms with E-state index in [1.807, 2.05) is 30.3 Å². The molecule has 17 heavy (non-hydrogen) atoms. The summed E-state index contributed by atoms with van der Waals surface area (Å²) in [6, 6.07) is 9.80. The summed E-state index contributed by atoms with van der Waals surface area (Å²) in [4.78, 5) is 4.26. The van der Waals surface area contributed by atoms with Crippen molar-refractivity contribution in [2.75, 3.05) is 5.32 Å². The first-order chi connectivity index (χ1) is 8.33. The smallest absolute Gasteiger partial charge is 0.187 e. The van der Waals surface area contributed by atoms with Gasteiger partial charge in [0.2, 0.25) is 0 Å². The SMILES string of the molecule is Clc1nsnc1Nc1ccc2ncccc2c1. The zero-order chi connectivity index (χ0) is 11.7. The highest BCUT2D eigenvalue weighted by Gasteiger charge is 2.05. The van der Waals surface area contributed by atoms with Crippen molar-refractivity contribution >= 4 is 45.7 Å². The van der Waals surface area contributed by atoms with Gasteiger partial charge in [0.25, 0.3) is 0 Å². The first-order valence-corrected chi connectivity index (χ1v) is 6.03. The van der Waals surface area contributed by atoms with Gasteiger partial charge in [-0.2, -0.15) is 8.75 Å². The molecule has 0 spiro atoms. The number of halogens is 1. The predicted molar refractivity (Wildman–Crippen MR) is 69.9 cm³/mol. The molecule has 4 nitrogen and oxygen atoms in total. The van der Waals surface area contributed by atoms with E-state index < -0.39 is 0 Å². The Morgan fingerprint density at radius 2 is 2.12 bits per heavy atom. The molecule has 0 radical (unpaired) electrons. The number of benzene rings is 1. The molecular weight excluding hydrogens is 256 g/mol. The lowest BCUT2D eigenvalue weighted by atomic mass is 10.2. The zero-order valence-electron chi connectivity index (χ0n) is 8.59. The van der Waals surface area contributed by atoms with E-state index >= 15 is 0 Å². The highest BCUT2D eigenvalue weighted by molar-refractivity contribution is 6.99. The minimum atomic E-state index is 0.390. The van der Waals surface area contributed by atoms with E-state index in [0.29, 0.717) is 11.0 Å². The second kappa shape index (κ2) is 4.27. The molecule has 0 saturated heterocycles. The van der Waals surface area contributed by atoms with Crippen molar-refractivity contribution in [3.63, 3.8) is 0 Å². The van der Waals surface area contributed by atoms with Gasteiger partial charge in [0.1, 0.15) is 0 Å². The summed E-state index contributed by atoms with van der Waals surface area (Å²) >= 11 is 6.95. The molecule has 1 aromatic carbocycles. The van der Waals surface area contributed by atoms with Gasteiger partial charge in [-0.15, -0.1) is 0 Å². The number of hydrogen-bond acceptors (Lipinski definition) is 5. The number of rotatable bonds is 2. The topological polar surface area (TPSA) is 50.7 Å². The molecule has 0 aliphatic carbocycles. The quantitative estimate of drug-likeness (QED) is 0.768. The molecule has 0 saturated carbocycles. The lowest BCUT2D eigenvalue weighted by molar-refractivity contribution is 1.40. The highest BCUT2D eigenvalue weighted by atomic mass is 35.5. The van der Waals surface area contributed by atoms with Gasteiger partial charge in [-0.3, -0.25) is 4.98 Å². The van der Waals surface area contributed by atoms with Crippen molar-refractivity contribution in [2.24, 2.45) is 0 Å². The molecule has 84 valence electrons. The summed E-state index contributed by atoms with van der Waals surface area (Å²) in [5, 5.41) is 4.58. The van der Waals surface area contributed by atoms with E-state index in [1.165, 1.54) is 0 Å². The summed E-state index contributed by atoms with van der Waals surface area (Å²) in [6.45, 7) is 0. The minimum absolute atomic E-state index is 0.390. The van der Waals surface area contributed by atoms with Gasteiger partial charge in [0.15, 0.2) is 11.0 Å². The molecule has 1 N–H and O–H groups in total. The molecule has 0 unspecified atom stereocenters. The second-order valence-corrected chi connectivity index (χ2v) is 4.33. The molecule has 0 fully saturated rings. The van der Waals surface area contributed by atoms with Crippen LogP contribution in [0.25, 0.3) is 10.9 Å². The third-order valence-corrected chi connectivity index (χ3v) is 3.21. The van der Waals surface area contributed by atoms with Crippen molar-refractivity contribution < 1.29 is 0 Å². The number of fused-ring (bicyclic) bond motifs is 1. The molecule has 6 heteroatoms. The normalized spacial score (nSPS) is 10.6. The van der Waals surface area contributed by atoms with Gasteiger partial charge >= 0.3 is 0 Å². The molecular formula is C11H7ClN4S. The van der Waals surface area contributed by atoms with Crippen LogP contribution in [-0.2, 0) is 0 Å². The van der Waals surface area contributed by atoms with Crippen LogP contribution in [-0.4, -0.2) is 13.7 Å². The largest absolute Gasteiger partial charge is 0.337 e. The highest BCUT2D eigenvalue weighted by Crippen LogP contribution is 2.24. The Labute approximate surface area is 107 Å². The van der Waals surface area contributed by atoms with Gasteiger partial charge in [0, 0.05) is 17.3 Å². The number of hydrogen-bond donors (Lipinski definition) is 1. The summed E-state index contributed by atoms with van der Waals surface area (Å²) in [6.07, 6.45) is 1.77. The molecule has 3 aromatic rings. The molecule has 2 heterocycles. The van der Waals surface area contributed by atoms with Crippen LogP contribution < -0.4 is 5.32 Å². The minimum Gasteiger partial charge on any atom is -0.337 e. The van der Waals surface area contributed by atoms with Crippen LogP contribution in [0.15, 0.2) is 36.5 Å². The number of nitrogens with one attached hydrogen (secondary N) is 1. The summed E-state index contributed by atoms with van der Waals surface area (Å²) in [5.41, 5.74) is 1.88. The van der Waals surface area contributed by atoms with Crippen LogP contribution in [0.4, 0.5) is 11.5 Å². The van der Waals surface area contributed by atoms with Crippen molar-refractivity contribution in [3.05, 3.63) is 41.7 Å². The second-order valence-electron chi connectivity index (χ2n) is 3.44. The van der Waals surface area contributed by atoms with Gasteiger partial charge in [-0.1, -0.05) is 17.7 Å². The Morgan fingerprint density at radius 3 is 2.94 bits per heavy atom. The summed E-state index contributed by atoms with van der Waals surface area (Å²) in [5.74, 6) is 0.583. The van der Waals surface area contributed by atoms with Gasteiger partial charge in [-0.05, 0) is 24.3 Å². The first kappa shape index (κ1) is 10.4. The Hall–Kier alpha value is -1.72. The molecule has 2 aromatic heterocycles. The molecule has 3 rings (SSSR count). The number of anilines is 2. The number of nitrogens with zero attached hydrogens (tertiary/aromatic N) is 3. The number of pyridine rings is 1. The Bertz CT molecular complexity index is 667. The van der Waals surface area contributed by atoms with Crippen LogP contribution in [0.3, 0.4) is 0 Å². The average molecular weight is 263 g/mol. The Balaban J connectivity index is 1.99. The van der Waals surface area contributed by atoms with E-state index in [9.17, 15) is 0 Å². The standard InChI is InChI=1S/C11H7ClN4S/c12-10-11(16-17-15-10)14-8-3-4-9-7(6-8)2-1-5-13-9/h1-6H,(H,14,16). The maximum atomic E-state index is 5.87. The third-order valence-electron chi connectivity index (χ3n) is 2.31. The number of aromatic nitrogens is 3. The van der Waals surface area contributed by atoms with E-state index in [0.717, 1.165) is 28.3 Å². The lowest BCUT2D eigenvalue weighted by Gasteiger charge is -2.04. The predicted octanol–water partition coefficient (Wildman–Crippen LogP) is 3.48. The van der Waals surface area contributed by atoms with Gasteiger partial charge in [-0.25, -0.2) is 0 Å². The zero-order valence-corrected chi connectivity index (χ0v) is 10.2. The van der Waals surface area contributed by atoms with Crippen LogP contribution in [0.5, 0.6) is 0 Å². The molecule has 0 atom stereocenters. The van der Waals surface area contributed by atoms with Crippen LogP contribution in [0, 0.1) is 0 Å². The van der Waals surface area contributed by atoms with E-state index in [1.54, 1.807) is 6.20 Å². The third kappa shape index (κ3) is 2.07. The Kier molecular flexibility index (Phi) is 2.62. The first-order valence-electron chi connectivity index (χ1n) is 4.93. The molecule has 0 aliphatic rings. The van der Waals surface area contributed by atoms with Crippen molar-refractivity contribution in [1.82, 2.24) is 13.7 Å². The molecule has 0 amide bonds. The summed E-state index contributed by atoms with van der Waals surface area (Å²) < 4.78 is 7.96.